The largest absolute Gasteiger partial charge is 0.481 e. The third-order valence-electron chi connectivity index (χ3n) is 5.22. The van der Waals surface area contributed by atoms with Gasteiger partial charge in [-0.1, -0.05) is 60.7 Å². The van der Waals surface area contributed by atoms with Crippen molar-refractivity contribution in [1.82, 2.24) is 16.0 Å². The number of carboxylic acid groups (broad SMARTS) is 1. The first-order valence-corrected chi connectivity index (χ1v) is 11.9. The van der Waals surface area contributed by atoms with Gasteiger partial charge in [-0.05, 0) is 18.1 Å². The predicted molar refractivity (Wildman–Crippen MR) is 133 cm³/mol. The molecule has 2 aromatic carbocycles. The number of carbonyl (C=O) groups excluding carboxylic acids is 4. The van der Waals surface area contributed by atoms with Crippen LogP contribution in [0, 0.1) is 0 Å². The summed E-state index contributed by atoms with van der Waals surface area (Å²) in [5, 5.41) is 15.9. The van der Waals surface area contributed by atoms with Crippen molar-refractivity contribution >= 4 is 29.7 Å². The van der Waals surface area contributed by atoms with Gasteiger partial charge in [-0.2, -0.15) is 13.2 Å². The van der Waals surface area contributed by atoms with E-state index in [2.05, 4.69) is 20.7 Å². The fourth-order valence-corrected chi connectivity index (χ4v) is 3.28. The lowest BCUT2D eigenvalue weighted by Gasteiger charge is -2.23. The van der Waals surface area contributed by atoms with Gasteiger partial charge in [0.15, 0.2) is 5.78 Å². The number of carboxylic acids is 1. The third kappa shape index (κ3) is 11.5. The Morgan fingerprint density at radius 2 is 1.48 bits per heavy atom. The SMILES string of the molecule is C[C@H](NC(=O)C(NC(=O)OCc1ccccc1)c1ccccc1)C(=O)N[C@@H](CC(=O)O)C(=O)COCC(F)(F)F. The van der Waals surface area contributed by atoms with Crippen LogP contribution >= 0.6 is 0 Å². The molecule has 40 heavy (non-hydrogen) atoms. The molecule has 2 aromatic rings. The van der Waals surface area contributed by atoms with Gasteiger partial charge in [0, 0.05) is 0 Å². The Labute approximate surface area is 227 Å². The van der Waals surface area contributed by atoms with Crippen LogP contribution in [0.5, 0.6) is 0 Å². The first-order valence-electron chi connectivity index (χ1n) is 11.9. The fourth-order valence-electron chi connectivity index (χ4n) is 3.28. The van der Waals surface area contributed by atoms with E-state index in [9.17, 15) is 37.1 Å². The average molecular weight is 568 g/mol. The van der Waals surface area contributed by atoms with E-state index in [1.54, 1.807) is 60.7 Å². The molecule has 0 aromatic heterocycles. The number of alkyl halides is 3. The van der Waals surface area contributed by atoms with Crippen molar-refractivity contribution < 1.29 is 51.7 Å². The maximum Gasteiger partial charge on any atom is 0.411 e. The predicted octanol–water partition coefficient (Wildman–Crippen LogP) is 2.27. The number of nitrogens with one attached hydrogen (secondary N) is 3. The molecule has 0 aliphatic rings. The number of halogens is 3. The van der Waals surface area contributed by atoms with Crippen LogP contribution in [-0.2, 0) is 35.3 Å². The summed E-state index contributed by atoms with van der Waals surface area (Å²) in [5.74, 6) is -4.44. The Bertz CT molecular complexity index is 1160. The zero-order chi connectivity index (χ0) is 29.7. The number of ketones is 1. The average Bonchev–Trinajstić information content (AvgIpc) is 2.90. The zero-order valence-corrected chi connectivity index (χ0v) is 21.3. The van der Waals surface area contributed by atoms with Gasteiger partial charge < -0.3 is 30.5 Å². The van der Waals surface area contributed by atoms with Crippen LogP contribution in [0.2, 0.25) is 0 Å². The van der Waals surface area contributed by atoms with Gasteiger partial charge in [-0.3, -0.25) is 19.2 Å². The minimum atomic E-state index is -4.71. The number of amides is 3. The molecule has 216 valence electrons. The summed E-state index contributed by atoms with van der Waals surface area (Å²) in [7, 11) is 0. The van der Waals surface area contributed by atoms with Gasteiger partial charge in [0.2, 0.25) is 11.8 Å². The van der Waals surface area contributed by atoms with E-state index in [1.165, 1.54) is 6.92 Å². The van der Waals surface area contributed by atoms with Gasteiger partial charge in [-0.15, -0.1) is 0 Å². The second kappa shape index (κ2) is 15.2. The summed E-state index contributed by atoms with van der Waals surface area (Å²) < 4.78 is 46.2. The Morgan fingerprint density at radius 1 is 0.875 bits per heavy atom. The lowest BCUT2D eigenvalue weighted by atomic mass is 10.1. The highest BCUT2D eigenvalue weighted by molar-refractivity contribution is 5.96. The van der Waals surface area contributed by atoms with E-state index < -0.39 is 73.6 Å². The number of hydrogen-bond donors (Lipinski definition) is 4. The van der Waals surface area contributed by atoms with E-state index in [0.29, 0.717) is 11.1 Å². The van der Waals surface area contributed by atoms with Crippen molar-refractivity contribution in [1.29, 1.82) is 0 Å². The summed E-state index contributed by atoms with van der Waals surface area (Å²) in [6, 6.07) is 12.4. The van der Waals surface area contributed by atoms with Crippen LogP contribution in [0.3, 0.4) is 0 Å². The molecule has 1 unspecified atom stereocenters. The number of benzene rings is 2. The van der Waals surface area contributed by atoms with Crippen LogP contribution in [0.4, 0.5) is 18.0 Å². The first-order chi connectivity index (χ1) is 18.9. The van der Waals surface area contributed by atoms with E-state index in [1.807, 2.05) is 0 Å². The molecule has 0 fully saturated rings. The highest BCUT2D eigenvalue weighted by Gasteiger charge is 2.31. The quantitative estimate of drug-likeness (QED) is 0.271. The van der Waals surface area contributed by atoms with Gasteiger partial charge in [0.1, 0.15) is 37.9 Å². The van der Waals surface area contributed by atoms with Crippen LogP contribution in [0.25, 0.3) is 0 Å². The number of Topliss-reactive ketones (excluding diaryl/α,β-unsaturated/α-hetero) is 1. The number of carbonyl (C=O) groups is 5. The van der Waals surface area contributed by atoms with E-state index >= 15 is 0 Å². The summed E-state index contributed by atoms with van der Waals surface area (Å²) in [5.41, 5.74) is 1.06. The van der Waals surface area contributed by atoms with Crippen molar-refractivity contribution in [3.8, 4) is 0 Å². The molecular formula is C26H28F3N3O8. The fraction of sp³-hybridized carbons (Fsp3) is 0.346. The van der Waals surface area contributed by atoms with Crippen molar-refractivity contribution in [3.05, 3.63) is 71.8 Å². The lowest BCUT2D eigenvalue weighted by Crippen LogP contribution is -2.53. The second-order valence-electron chi connectivity index (χ2n) is 8.51. The summed E-state index contributed by atoms with van der Waals surface area (Å²) in [6.07, 6.45) is -6.56. The molecule has 0 saturated carbocycles. The molecule has 11 nitrogen and oxygen atoms in total. The number of aliphatic carboxylic acids is 1. The second-order valence-corrected chi connectivity index (χ2v) is 8.51. The summed E-state index contributed by atoms with van der Waals surface area (Å²) >= 11 is 0. The van der Waals surface area contributed by atoms with Crippen LogP contribution in [0.15, 0.2) is 60.7 Å². The Morgan fingerprint density at radius 3 is 2.05 bits per heavy atom. The minimum Gasteiger partial charge on any atom is -0.481 e. The Balaban J connectivity index is 2.04. The smallest absolute Gasteiger partial charge is 0.411 e. The summed E-state index contributed by atoms with van der Waals surface area (Å²) in [4.78, 5) is 61.5. The number of hydrogen-bond acceptors (Lipinski definition) is 7. The molecule has 3 atom stereocenters. The van der Waals surface area contributed by atoms with Crippen molar-refractivity contribution in [2.45, 2.75) is 44.3 Å². The van der Waals surface area contributed by atoms with Crippen molar-refractivity contribution in [2.75, 3.05) is 13.2 Å². The van der Waals surface area contributed by atoms with E-state index in [4.69, 9.17) is 9.84 Å². The van der Waals surface area contributed by atoms with E-state index in [-0.39, 0.29) is 6.61 Å². The molecule has 0 aliphatic carbocycles. The van der Waals surface area contributed by atoms with Gasteiger partial charge in [0.25, 0.3) is 0 Å². The Kier molecular flexibility index (Phi) is 12.1. The standard InChI is InChI=1S/C26H28F3N3O8/c1-16(23(36)31-19(12-21(34)35)20(33)14-39-15-26(27,28)29)30-24(37)22(18-10-6-3-7-11-18)32-25(38)40-13-17-8-4-2-5-9-17/h2-11,16,19,22H,12-15H2,1H3,(H,30,37)(H,31,36)(H,32,38)(H,34,35)/t16-,19-,22?/m0/s1. The highest BCUT2D eigenvalue weighted by atomic mass is 19.4. The molecule has 2 rings (SSSR count). The molecule has 4 N–H and O–H groups in total. The third-order valence-corrected chi connectivity index (χ3v) is 5.22. The van der Waals surface area contributed by atoms with Gasteiger partial charge in [0.05, 0.1) is 6.42 Å². The van der Waals surface area contributed by atoms with Crippen LogP contribution < -0.4 is 16.0 Å². The maximum atomic E-state index is 13.1. The van der Waals surface area contributed by atoms with E-state index in [0.717, 1.165) is 0 Å². The monoisotopic (exact) mass is 567 g/mol. The van der Waals surface area contributed by atoms with Gasteiger partial charge >= 0.3 is 18.2 Å². The summed E-state index contributed by atoms with van der Waals surface area (Å²) in [6.45, 7) is -1.67. The van der Waals surface area contributed by atoms with Crippen molar-refractivity contribution in [3.63, 3.8) is 0 Å². The number of alkyl carbamates (subject to hydrolysis) is 1. The normalized spacial score (nSPS) is 13.3. The Hall–Kier alpha value is -4.46. The molecule has 3 amide bonds. The van der Waals surface area contributed by atoms with Crippen molar-refractivity contribution in [2.24, 2.45) is 0 Å². The lowest BCUT2D eigenvalue weighted by molar-refractivity contribution is -0.176. The van der Waals surface area contributed by atoms with Crippen LogP contribution in [-0.4, -0.2) is 66.2 Å². The minimum absolute atomic E-state index is 0.0692. The molecule has 0 spiro atoms. The van der Waals surface area contributed by atoms with Crippen LogP contribution in [0.1, 0.15) is 30.5 Å². The molecule has 0 saturated heterocycles. The highest BCUT2D eigenvalue weighted by Crippen LogP contribution is 2.15. The molecule has 0 radical (unpaired) electrons. The number of ether oxygens (including phenoxy) is 2. The molecule has 14 heteroatoms. The maximum absolute atomic E-state index is 13.1. The zero-order valence-electron chi connectivity index (χ0n) is 21.3. The topological polar surface area (TPSA) is 160 Å². The molecule has 0 aliphatic heterocycles. The molecule has 0 bridgehead atoms. The molecular weight excluding hydrogens is 539 g/mol. The number of rotatable bonds is 14. The molecule has 0 heterocycles. The first kappa shape index (κ1) is 31.8. The van der Waals surface area contributed by atoms with Gasteiger partial charge in [-0.25, -0.2) is 4.79 Å².